The van der Waals surface area contributed by atoms with Gasteiger partial charge < -0.3 is 0 Å². The van der Waals surface area contributed by atoms with Crippen molar-refractivity contribution in [1.82, 2.24) is 0 Å². The van der Waals surface area contributed by atoms with Crippen molar-refractivity contribution in [3.05, 3.63) is 6.92 Å². The van der Waals surface area contributed by atoms with Gasteiger partial charge in [-0.25, -0.2) is 0 Å². The van der Waals surface area contributed by atoms with Crippen LogP contribution in [0.3, 0.4) is 0 Å². The first kappa shape index (κ1) is 12.0. The van der Waals surface area contributed by atoms with Gasteiger partial charge in [0.25, 0.3) is 0 Å². The fraction of sp³-hybridized carbons (Fsp3) is 0.917. The lowest BCUT2D eigenvalue weighted by atomic mass is 9.74. The molecule has 0 saturated heterocycles. The maximum Gasteiger partial charge on any atom is -0.0331 e. The third kappa shape index (κ3) is 4.79. The molecule has 0 nitrogen and oxygen atoms in total. The molecule has 73 valence electrons. The molecule has 0 aliphatic heterocycles. The summed E-state index contributed by atoms with van der Waals surface area (Å²) in [6.45, 7) is 17.9. The summed E-state index contributed by atoms with van der Waals surface area (Å²) in [4.78, 5) is 0. The lowest BCUT2D eigenvalue weighted by Crippen LogP contribution is -2.21. The Balaban J connectivity index is 3.93. The minimum Gasteiger partial charge on any atom is -0.0623 e. The van der Waals surface area contributed by atoms with Crippen LogP contribution in [0.2, 0.25) is 0 Å². The first-order chi connectivity index (χ1) is 5.15. The summed E-state index contributed by atoms with van der Waals surface area (Å²) in [5.74, 6) is 0.764. The molecule has 0 saturated carbocycles. The lowest BCUT2D eigenvalue weighted by Gasteiger charge is -2.32. The van der Waals surface area contributed by atoms with Gasteiger partial charge >= 0.3 is 0 Å². The molecule has 0 fully saturated rings. The van der Waals surface area contributed by atoms with Crippen molar-refractivity contribution in [3.63, 3.8) is 0 Å². The molecular weight excluding hydrogens is 144 g/mol. The van der Waals surface area contributed by atoms with Crippen LogP contribution in [-0.4, -0.2) is 0 Å². The van der Waals surface area contributed by atoms with E-state index in [1.807, 2.05) is 0 Å². The van der Waals surface area contributed by atoms with Crippen LogP contribution >= 0.6 is 0 Å². The molecule has 0 spiro atoms. The van der Waals surface area contributed by atoms with Crippen LogP contribution in [0, 0.1) is 23.7 Å². The van der Waals surface area contributed by atoms with Crippen molar-refractivity contribution in [1.29, 1.82) is 0 Å². The number of hydrogen-bond acceptors (Lipinski definition) is 0. The highest BCUT2D eigenvalue weighted by atomic mass is 14.3. The largest absolute Gasteiger partial charge is 0.0623 e. The standard InChI is InChI=1S/C12H25/c1-10(2)12(6,7)9-8-11(3,4)5/h10H,3,8-9H2,1-2,4-7H3. The highest BCUT2D eigenvalue weighted by Gasteiger charge is 2.24. The maximum absolute atomic E-state index is 4.13. The zero-order valence-electron chi connectivity index (χ0n) is 9.70. The molecule has 0 aliphatic carbocycles. The summed E-state index contributed by atoms with van der Waals surface area (Å²) in [6.07, 6.45) is 2.50. The predicted octanol–water partition coefficient (Wildman–Crippen LogP) is 4.31. The fourth-order valence-electron chi connectivity index (χ4n) is 0.949. The van der Waals surface area contributed by atoms with Gasteiger partial charge in [-0.05, 0) is 36.5 Å². The van der Waals surface area contributed by atoms with Crippen LogP contribution in [0.25, 0.3) is 0 Å². The monoisotopic (exact) mass is 169 g/mol. The molecule has 0 aromatic rings. The zero-order chi connectivity index (χ0) is 9.99. The van der Waals surface area contributed by atoms with E-state index in [-0.39, 0.29) is 5.41 Å². The van der Waals surface area contributed by atoms with Gasteiger partial charge in [-0.2, -0.15) is 0 Å². The van der Waals surface area contributed by atoms with E-state index in [0.29, 0.717) is 5.41 Å². The Morgan fingerprint density at radius 1 is 1.00 bits per heavy atom. The first-order valence-corrected chi connectivity index (χ1v) is 5.00. The first-order valence-electron chi connectivity index (χ1n) is 5.00. The summed E-state index contributed by atoms with van der Waals surface area (Å²) in [5, 5.41) is 0. The second-order valence-electron chi connectivity index (χ2n) is 5.81. The molecule has 0 bridgehead atoms. The second-order valence-corrected chi connectivity index (χ2v) is 5.81. The van der Waals surface area contributed by atoms with Crippen LogP contribution in [-0.2, 0) is 0 Å². The molecule has 0 heterocycles. The molecule has 0 rings (SSSR count). The van der Waals surface area contributed by atoms with E-state index in [0.717, 1.165) is 5.92 Å². The summed E-state index contributed by atoms with van der Waals surface area (Å²) >= 11 is 0. The van der Waals surface area contributed by atoms with Gasteiger partial charge in [0.15, 0.2) is 0 Å². The second kappa shape index (κ2) is 3.81. The molecule has 0 aromatic heterocycles. The quantitative estimate of drug-likeness (QED) is 0.588. The van der Waals surface area contributed by atoms with Crippen molar-refractivity contribution in [2.75, 3.05) is 0 Å². The van der Waals surface area contributed by atoms with E-state index in [1.54, 1.807) is 0 Å². The topological polar surface area (TPSA) is 0 Å². The Kier molecular flexibility index (Phi) is 3.81. The zero-order valence-corrected chi connectivity index (χ0v) is 9.70. The minimum absolute atomic E-state index is 0.242. The van der Waals surface area contributed by atoms with E-state index in [1.165, 1.54) is 12.8 Å². The highest BCUT2D eigenvalue weighted by Crippen LogP contribution is 2.35. The Morgan fingerprint density at radius 2 is 1.42 bits per heavy atom. The molecule has 0 N–H and O–H groups in total. The van der Waals surface area contributed by atoms with Gasteiger partial charge in [-0.1, -0.05) is 41.5 Å². The van der Waals surface area contributed by atoms with Crippen LogP contribution in [0.4, 0.5) is 0 Å². The Morgan fingerprint density at radius 3 is 1.67 bits per heavy atom. The lowest BCUT2D eigenvalue weighted by molar-refractivity contribution is 0.198. The van der Waals surface area contributed by atoms with Gasteiger partial charge in [0, 0.05) is 0 Å². The average molecular weight is 169 g/mol. The normalized spacial score (nSPS) is 14.0. The van der Waals surface area contributed by atoms with E-state index in [4.69, 9.17) is 0 Å². The number of hydrogen-bond donors (Lipinski definition) is 0. The molecular formula is C12H25. The molecule has 0 amide bonds. The molecule has 0 unspecified atom stereocenters. The fourth-order valence-corrected chi connectivity index (χ4v) is 0.949. The highest BCUT2D eigenvalue weighted by molar-refractivity contribution is 4.78. The van der Waals surface area contributed by atoms with Crippen LogP contribution in [0.15, 0.2) is 0 Å². The molecule has 0 heteroatoms. The molecule has 0 aliphatic rings. The smallest absolute Gasteiger partial charge is 0.0331 e. The molecule has 1 radical (unpaired) electrons. The van der Waals surface area contributed by atoms with E-state index in [2.05, 4.69) is 48.5 Å². The van der Waals surface area contributed by atoms with Gasteiger partial charge in [0.1, 0.15) is 0 Å². The Hall–Kier alpha value is 0. The average Bonchev–Trinajstić information content (AvgIpc) is 1.82. The predicted molar refractivity (Wildman–Crippen MR) is 57.0 cm³/mol. The minimum atomic E-state index is 0.242. The van der Waals surface area contributed by atoms with Crippen molar-refractivity contribution in [2.45, 2.75) is 54.4 Å². The molecule has 12 heavy (non-hydrogen) atoms. The van der Waals surface area contributed by atoms with Crippen molar-refractivity contribution in [2.24, 2.45) is 16.7 Å². The van der Waals surface area contributed by atoms with Crippen LogP contribution < -0.4 is 0 Å². The SMILES string of the molecule is [CH2]C(C)(C)CCC(C)(C)C(C)C. The Bertz CT molecular complexity index is 123. The third-order valence-electron chi connectivity index (χ3n) is 3.01. The van der Waals surface area contributed by atoms with Gasteiger partial charge in [0.05, 0.1) is 0 Å². The van der Waals surface area contributed by atoms with Gasteiger partial charge in [-0.3, -0.25) is 0 Å². The maximum atomic E-state index is 4.13. The van der Waals surface area contributed by atoms with Gasteiger partial charge in [-0.15, -0.1) is 0 Å². The Labute approximate surface area is 78.8 Å². The van der Waals surface area contributed by atoms with Crippen LogP contribution in [0.5, 0.6) is 0 Å². The summed E-state index contributed by atoms with van der Waals surface area (Å²) in [7, 11) is 0. The van der Waals surface area contributed by atoms with Gasteiger partial charge in [0.2, 0.25) is 0 Å². The van der Waals surface area contributed by atoms with Crippen LogP contribution in [0.1, 0.15) is 54.4 Å². The van der Waals surface area contributed by atoms with E-state index >= 15 is 0 Å². The molecule has 0 aromatic carbocycles. The summed E-state index contributed by atoms with van der Waals surface area (Å²) in [5.41, 5.74) is 0.709. The van der Waals surface area contributed by atoms with Crippen molar-refractivity contribution >= 4 is 0 Å². The summed E-state index contributed by atoms with van der Waals surface area (Å²) in [6, 6.07) is 0. The van der Waals surface area contributed by atoms with Crippen molar-refractivity contribution < 1.29 is 0 Å². The summed E-state index contributed by atoms with van der Waals surface area (Å²) < 4.78 is 0. The third-order valence-corrected chi connectivity index (χ3v) is 3.01. The number of rotatable bonds is 4. The van der Waals surface area contributed by atoms with Crippen molar-refractivity contribution in [3.8, 4) is 0 Å². The molecule has 0 atom stereocenters. The van der Waals surface area contributed by atoms with E-state index < -0.39 is 0 Å². The van der Waals surface area contributed by atoms with E-state index in [9.17, 15) is 0 Å².